The quantitative estimate of drug-likeness (QED) is 0.646. The second kappa shape index (κ2) is 8.59. The minimum atomic E-state index is -0.875. The molecule has 2 aromatic rings. The number of methoxy groups -OCH3 is 1. The summed E-state index contributed by atoms with van der Waals surface area (Å²) in [5.74, 6) is 0.638. The van der Waals surface area contributed by atoms with E-state index in [0.29, 0.717) is 25.8 Å². The summed E-state index contributed by atoms with van der Waals surface area (Å²) in [5.41, 5.74) is 2.69. The largest absolute Gasteiger partial charge is 0.379 e. The van der Waals surface area contributed by atoms with E-state index in [4.69, 9.17) is 4.74 Å². The number of anilines is 3. The van der Waals surface area contributed by atoms with E-state index in [1.54, 1.807) is 7.11 Å². The first kappa shape index (κ1) is 25.0. The number of carbonyl (C=O) groups is 1. The summed E-state index contributed by atoms with van der Waals surface area (Å²) in [5, 5.41) is 10.8. The van der Waals surface area contributed by atoms with Gasteiger partial charge in [0.25, 0.3) is 0 Å². The number of pyridine rings is 1. The Morgan fingerprint density at radius 3 is 2.70 bits per heavy atom. The summed E-state index contributed by atoms with van der Waals surface area (Å²) in [4.78, 5) is 19.1. The van der Waals surface area contributed by atoms with Crippen molar-refractivity contribution in [2.75, 3.05) is 29.7 Å². The lowest BCUT2D eigenvalue weighted by Gasteiger charge is -2.65. The molecule has 0 saturated heterocycles. The zero-order valence-electron chi connectivity index (χ0n) is 18.4. The molecule has 3 aliphatic carbocycles. The summed E-state index contributed by atoms with van der Waals surface area (Å²) in [6.07, 6.45) is 5.65. The first-order chi connectivity index (χ1) is 14.7. The summed E-state index contributed by atoms with van der Waals surface area (Å²) >= 11 is 0. The average Bonchev–Trinajstić information content (AvgIpc) is 3.12. The van der Waals surface area contributed by atoms with Gasteiger partial charge in [0.1, 0.15) is 17.5 Å². The van der Waals surface area contributed by atoms with E-state index in [0.717, 1.165) is 35.0 Å². The van der Waals surface area contributed by atoms with E-state index in [-0.39, 0.29) is 32.3 Å². The number of ether oxygens (including phenoxy) is 1. The van der Waals surface area contributed by atoms with E-state index in [2.05, 4.69) is 20.7 Å². The lowest BCUT2D eigenvalue weighted by molar-refractivity contribution is -0.221. The van der Waals surface area contributed by atoms with Crippen LogP contribution >= 0.6 is 0 Å². The molecule has 6 rings (SSSR count). The molecule has 0 unspecified atom stereocenters. The van der Waals surface area contributed by atoms with Crippen LogP contribution in [0.2, 0.25) is 0 Å². The Hall–Kier alpha value is -2.68. The molecule has 2 bridgehead atoms. The van der Waals surface area contributed by atoms with Gasteiger partial charge in [0.15, 0.2) is 0 Å². The van der Waals surface area contributed by atoms with Crippen molar-refractivity contribution >= 4 is 23.1 Å². The zero-order valence-corrected chi connectivity index (χ0v) is 18.4. The van der Waals surface area contributed by atoms with Crippen molar-refractivity contribution in [3.63, 3.8) is 0 Å². The smallest absolute Gasteiger partial charge is 0.249 e. The average molecular weight is 461 g/mol. The molecule has 9 heteroatoms. The number of aryl methyl sites for hydroxylation is 1. The van der Waals surface area contributed by atoms with E-state index >= 15 is 0 Å². The van der Waals surface area contributed by atoms with Crippen molar-refractivity contribution in [2.24, 2.45) is 5.41 Å². The van der Waals surface area contributed by atoms with Gasteiger partial charge in [0.2, 0.25) is 5.91 Å². The minimum Gasteiger partial charge on any atom is -0.379 e. The maximum atomic E-state index is 13.7. The van der Waals surface area contributed by atoms with Gasteiger partial charge in [-0.3, -0.25) is 9.48 Å². The fourth-order valence-corrected chi connectivity index (χ4v) is 5.51. The van der Waals surface area contributed by atoms with Gasteiger partial charge >= 0.3 is 0 Å². The molecule has 8 nitrogen and oxygen atoms in total. The zero-order chi connectivity index (χ0) is 22.0. The minimum absolute atomic E-state index is 0. The molecule has 4 aliphatic rings. The third kappa shape index (κ3) is 4.18. The standard InChI is InChI=1S/C22H29FN6O2.2CH4/c1-13-18-16(28(3)19(14(2)31-4)20(30)27-18)5-17(26-13)24-6-15-7-25-29(8-15)12-21-9-22(23,10-21)11-21;;/h5,7-8,14,19H,6,9-12H2,1-4H3,(H,24,26)(H,27,30);2*1H4/t14-,19+,21?,22?;;/m1../s1. The Morgan fingerprint density at radius 1 is 1.36 bits per heavy atom. The molecule has 3 heterocycles. The van der Waals surface area contributed by atoms with Crippen molar-refractivity contribution in [3.05, 3.63) is 29.7 Å². The van der Waals surface area contributed by atoms with E-state index in [1.165, 1.54) is 0 Å². The van der Waals surface area contributed by atoms with Crippen molar-refractivity contribution in [3.8, 4) is 0 Å². The van der Waals surface area contributed by atoms with Crippen LogP contribution in [0, 0.1) is 12.3 Å². The monoisotopic (exact) mass is 460 g/mol. The number of aromatic nitrogens is 3. The van der Waals surface area contributed by atoms with Crippen molar-refractivity contribution < 1.29 is 13.9 Å². The molecule has 0 aromatic carbocycles. The Morgan fingerprint density at radius 2 is 2.06 bits per heavy atom. The number of fused-ring (bicyclic) bond motifs is 1. The number of alkyl halides is 1. The molecule has 33 heavy (non-hydrogen) atoms. The molecule has 1 amide bonds. The number of hydrogen-bond donors (Lipinski definition) is 2. The molecule has 0 radical (unpaired) electrons. The van der Waals surface area contributed by atoms with E-state index < -0.39 is 11.7 Å². The maximum absolute atomic E-state index is 13.7. The normalized spacial score (nSPS) is 27.7. The molecule has 2 atom stereocenters. The first-order valence-corrected chi connectivity index (χ1v) is 10.7. The van der Waals surface area contributed by atoms with Crippen LogP contribution in [0.15, 0.2) is 18.5 Å². The van der Waals surface area contributed by atoms with Crippen LogP contribution in [0.5, 0.6) is 0 Å². The van der Waals surface area contributed by atoms with Crippen LogP contribution in [0.1, 0.15) is 52.3 Å². The van der Waals surface area contributed by atoms with Crippen LogP contribution in [-0.4, -0.2) is 52.6 Å². The maximum Gasteiger partial charge on any atom is 0.249 e. The number of halogens is 1. The summed E-state index contributed by atoms with van der Waals surface area (Å²) in [6, 6.07) is 1.54. The predicted molar refractivity (Wildman–Crippen MR) is 129 cm³/mol. The van der Waals surface area contributed by atoms with Crippen molar-refractivity contribution in [1.29, 1.82) is 0 Å². The second-order valence-electron chi connectivity index (χ2n) is 9.55. The Kier molecular flexibility index (Phi) is 6.50. The molecular weight excluding hydrogens is 423 g/mol. The third-order valence-corrected chi connectivity index (χ3v) is 7.04. The van der Waals surface area contributed by atoms with Crippen LogP contribution in [0.4, 0.5) is 21.6 Å². The highest BCUT2D eigenvalue weighted by Gasteiger charge is 2.69. The summed E-state index contributed by atoms with van der Waals surface area (Å²) in [6.45, 7) is 5.15. The lowest BCUT2D eigenvalue weighted by Crippen LogP contribution is -2.65. The highest BCUT2D eigenvalue weighted by Crippen LogP contribution is 2.70. The number of rotatable bonds is 7. The van der Waals surface area contributed by atoms with E-state index in [1.807, 2.05) is 48.9 Å². The predicted octanol–water partition coefficient (Wildman–Crippen LogP) is 4.15. The van der Waals surface area contributed by atoms with Gasteiger partial charge in [-0.1, -0.05) is 14.9 Å². The number of nitrogens with one attached hydrogen (secondary N) is 2. The number of hydrogen-bond acceptors (Lipinski definition) is 6. The van der Waals surface area contributed by atoms with Crippen LogP contribution in [0.25, 0.3) is 0 Å². The molecule has 3 fully saturated rings. The summed E-state index contributed by atoms with van der Waals surface area (Å²) < 4.78 is 21.1. The highest BCUT2D eigenvalue weighted by molar-refractivity contribution is 6.04. The Bertz CT molecular complexity index is 1020. The molecule has 0 spiro atoms. The molecule has 1 aliphatic heterocycles. The number of likely N-dealkylation sites (N-methyl/N-ethyl adjacent to an activating group) is 1. The van der Waals surface area contributed by atoms with Crippen LogP contribution in [0.3, 0.4) is 0 Å². The second-order valence-corrected chi connectivity index (χ2v) is 9.55. The van der Waals surface area contributed by atoms with Gasteiger partial charge in [-0.05, 0) is 38.5 Å². The lowest BCUT2D eigenvalue weighted by atomic mass is 9.42. The summed E-state index contributed by atoms with van der Waals surface area (Å²) in [7, 11) is 3.51. The third-order valence-electron chi connectivity index (χ3n) is 7.04. The van der Waals surface area contributed by atoms with Gasteiger partial charge in [0, 0.05) is 45.1 Å². The van der Waals surface area contributed by atoms with E-state index in [9.17, 15) is 9.18 Å². The van der Waals surface area contributed by atoms with Crippen molar-refractivity contribution in [2.45, 2.75) is 78.9 Å². The Balaban J connectivity index is 0.00000153. The van der Waals surface area contributed by atoms with Crippen LogP contribution < -0.4 is 15.5 Å². The van der Waals surface area contributed by atoms with Gasteiger partial charge in [0.05, 0.1) is 29.4 Å². The fraction of sp³-hybridized carbons (Fsp3) is 0.625. The van der Waals surface area contributed by atoms with Gasteiger partial charge in [-0.15, -0.1) is 0 Å². The number of carbonyl (C=O) groups excluding carboxylic acids is 1. The van der Waals surface area contributed by atoms with Gasteiger partial charge in [-0.2, -0.15) is 5.10 Å². The van der Waals surface area contributed by atoms with Gasteiger partial charge in [-0.25, -0.2) is 9.37 Å². The SMILES string of the molecule is C.C.CO[C@H](C)[C@H]1C(=O)Nc2c(cc(NCc3cnn(CC45CC(F)(C4)C5)c3)nc2C)N1C. The molecule has 2 aromatic heterocycles. The molecule has 3 saturated carbocycles. The number of nitrogens with zero attached hydrogens (tertiary/aromatic N) is 4. The molecule has 2 N–H and O–H groups in total. The first-order valence-electron chi connectivity index (χ1n) is 10.7. The molecule has 182 valence electrons. The Labute approximate surface area is 195 Å². The van der Waals surface area contributed by atoms with Gasteiger partial charge < -0.3 is 20.3 Å². The molecular formula is C24H37FN6O2. The fourth-order valence-electron chi connectivity index (χ4n) is 5.51. The number of amides is 1. The van der Waals surface area contributed by atoms with Crippen molar-refractivity contribution in [1.82, 2.24) is 14.8 Å². The topological polar surface area (TPSA) is 84.3 Å². The highest BCUT2D eigenvalue weighted by atomic mass is 19.1. The van der Waals surface area contributed by atoms with Crippen LogP contribution in [-0.2, 0) is 22.6 Å².